The van der Waals surface area contributed by atoms with Crippen molar-refractivity contribution in [3.8, 4) is 0 Å². The first-order valence-electron chi connectivity index (χ1n) is 4.75. The summed E-state index contributed by atoms with van der Waals surface area (Å²) >= 11 is 0. The van der Waals surface area contributed by atoms with Crippen LogP contribution in [0, 0.1) is 5.95 Å². The molecule has 15 heavy (non-hydrogen) atoms. The van der Waals surface area contributed by atoms with Gasteiger partial charge in [0.25, 0.3) is 0 Å². The average Bonchev–Trinajstić information content (AvgIpc) is 2.23. The molecule has 5 heteroatoms. The molecule has 0 aliphatic rings. The lowest BCUT2D eigenvalue weighted by Crippen LogP contribution is -2.12. The van der Waals surface area contributed by atoms with Crippen LogP contribution in [0.5, 0.6) is 0 Å². The Morgan fingerprint density at radius 1 is 1.40 bits per heavy atom. The molecule has 1 rings (SSSR count). The number of halogens is 1. The molecule has 1 heterocycles. The van der Waals surface area contributed by atoms with E-state index in [-0.39, 0.29) is 0 Å². The largest absolute Gasteiger partial charge is 0.383 e. The van der Waals surface area contributed by atoms with E-state index < -0.39 is 5.95 Å². The Morgan fingerprint density at radius 3 is 3.00 bits per heavy atom. The molecule has 0 aliphatic heterocycles. The minimum Gasteiger partial charge on any atom is -0.383 e. The van der Waals surface area contributed by atoms with Crippen LogP contribution >= 0.6 is 0 Å². The first-order valence-corrected chi connectivity index (χ1v) is 4.75. The number of pyridine rings is 1. The summed E-state index contributed by atoms with van der Waals surface area (Å²) in [5.41, 5.74) is 0.706. The fourth-order valence-corrected chi connectivity index (χ4v) is 1.02. The second kappa shape index (κ2) is 7.14. The minimum atomic E-state index is -0.486. The average molecular weight is 214 g/mol. The van der Waals surface area contributed by atoms with Crippen molar-refractivity contribution in [2.24, 2.45) is 0 Å². The predicted molar refractivity (Wildman–Crippen MR) is 55.4 cm³/mol. The highest BCUT2D eigenvalue weighted by atomic mass is 19.1. The molecular weight excluding hydrogens is 199 g/mol. The van der Waals surface area contributed by atoms with Crippen molar-refractivity contribution in [1.29, 1.82) is 0 Å². The van der Waals surface area contributed by atoms with Gasteiger partial charge in [0, 0.05) is 31.6 Å². The van der Waals surface area contributed by atoms with E-state index in [0.29, 0.717) is 32.1 Å². The van der Waals surface area contributed by atoms with Gasteiger partial charge < -0.3 is 14.8 Å². The minimum absolute atomic E-state index is 0.486. The van der Waals surface area contributed by atoms with Crippen LogP contribution in [-0.4, -0.2) is 38.5 Å². The van der Waals surface area contributed by atoms with Gasteiger partial charge in [0.1, 0.15) is 0 Å². The van der Waals surface area contributed by atoms with Crippen LogP contribution in [0.25, 0.3) is 0 Å². The molecule has 0 spiro atoms. The Balaban J connectivity index is 2.10. The third kappa shape index (κ3) is 5.29. The summed E-state index contributed by atoms with van der Waals surface area (Å²) in [6.45, 7) is 2.35. The number of nitrogens with zero attached hydrogens (tertiary/aromatic N) is 1. The lowest BCUT2D eigenvalue weighted by atomic mass is 10.4. The summed E-state index contributed by atoms with van der Waals surface area (Å²) in [6.07, 6.45) is 1.42. The van der Waals surface area contributed by atoms with E-state index in [0.717, 1.165) is 0 Å². The van der Waals surface area contributed by atoms with Crippen molar-refractivity contribution >= 4 is 5.69 Å². The quantitative estimate of drug-likeness (QED) is 0.548. The molecule has 0 aliphatic carbocycles. The van der Waals surface area contributed by atoms with Gasteiger partial charge in [-0.25, -0.2) is 4.98 Å². The third-order valence-corrected chi connectivity index (χ3v) is 1.73. The lowest BCUT2D eigenvalue weighted by Gasteiger charge is -2.06. The molecule has 1 aromatic rings. The molecule has 0 saturated heterocycles. The Morgan fingerprint density at radius 2 is 2.27 bits per heavy atom. The number of hydrogen-bond acceptors (Lipinski definition) is 4. The van der Waals surface area contributed by atoms with Gasteiger partial charge in [0.2, 0.25) is 5.95 Å². The van der Waals surface area contributed by atoms with Gasteiger partial charge in [0.05, 0.1) is 19.8 Å². The van der Waals surface area contributed by atoms with E-state index in [2.05, 4.69) is 10.3 Å². The van der Waals surface area contributed by atoms with Gasteiger partial charge >= 0.3 is 0 Å². The fourth-order valence-electron chi connectivity index (χ4n) is 1.02. The van der Waals surface area contributed by atoms with E-state index in [1.807, 2.05) is 0 Å². The summed E-state index contributed by atoms with van der Waals surface area (Å²) < 4.78 is 22.7. The smallest absolute Gasteiger partial charge is 0.214 e. The summed E-state index contributed by atoms with van der Waals surface area (Å²) in [5, 5.41) is 3.02. The molecule has 0 aromatic carbocycles. The Bertz CT molecular complexity index is 284. The maximum absolute atomic E-state index is 12.6. The van der Waals surface area contributed by atoms with E-state index >= 15 is 0 Å². The zero-order valence-corrected chi connectivity index (χ0v) is 8.70. The molecule has 0 atom stereocenters. The van der Waals surface area contributed by atoms with Crippen molar-refractivity contribution in [3.63, 3.8) is 0 Å². The predicted octanol–water partition coefficient (Wildman–Crippen LogP) is 1.30. The van der Waals surface area contributed by atoms with Gasteiger partial charge in [0.15, 0.2) is 0 Å². The first kappa shape index (κ1) is 11.9. The van der Waals surface area contributed by atoms with Crippen LogP contribution in [-0.2, 0) is 9.47 Å². The SMILES string of the molecule is COCCOCCNc1ccnc(F)c1. The van der Waals surface area contributed by atoms with Crippen molar-refractivity contribution < 1.29 is 13.9 Å². The highest BCUT2D eigenvalue weighted by Crippen LogP contribution is 2.05. The molecule has 4 nitrogen and oxygen atoms in total. The molecular formula is C10H15FN2O2. The van der Waals surface area contributed by atoms with Crippen molar-refractivity contribution in [3.05, 3.63) is 24.3 Å². The third-order valence-electron chi connectivity index (χ3n) is 1.73. The van der Waals surface area contributed by atoms with E-state index in [1.54, 1.807) is 13.2 Å². The monoisotopic (exact) mass is 214 g/mol. The Hall–Kier alpha value is -1.20. The molecule has 84 valence electrons. The van der Waals surface area contributed by atoms with Crippen molar-refractivity contribution in [1.82, 2.24) is 4.98 Å². The van der Waals surface area contributed by atoms with Gasteiger partial charge in [-0.05, 0) is 6.07 Å². The Kier molecular flexibility index (Phi) is 5.65. The number of nitrogens with one attached hydrogen (secondary N) is 1. The van der Waals surface area contributed by atoms with Crippen LogP contribution in [0.2, 0.25) is 0 Å². The van der Waals surface area contributed by atoms with Gasteiger partial charge in [-0.3, -0.25) is 0 Å². The fraction of sp³-hybridized carbons (Fsp3) is 0.500. The van der Waals surface area contributed by atoms with Crippen LogP contribution in [0.4, 0.5) is 10.1 Å². The number of ether oxygens (including phenoxy) is 2. The number of aromatic nitrogens is 1. The summed E-state index contributed by atoms with van der Waals surface area (Å²) in [7, 11) is 1.63. The molecule has 0 fully saturated rings. The second-order valence-corrected chi connectivity index (χ2v) is 2.90. The number of anilines is 1. The van der Waals surface area contributed by atoms with E-state index in [4.69, 9.17) is 9.47 Å². The zero-order chi connectivity index (χ0) is 10.9. The Labute approximate surface area is 88.4 Å². The van der Waals surface area contributed by atoms with Crippen LogP contribution in [0.1, 0.15) is 0 Å². The zero-order valence-electron chi connectivity index (χ0n) is 8.70. The first-order chi connectivity index (χ1) is 7.33. The highest BCUT2D eigenvalue weighted by molar-refractivity contribution is 5.40. The van der Waals surface area contributed by atoms with Crippen molar-refractivity contribution in [2.75, 3.05) is 38.8 Å². The molecule has 1 N–H and O–H groups in total. The maximum Gasteiger partial charge on any atom is 0.214 e. The van der Waals surface area contributed by atoms with Gasteiger partial charge in [-0.1, -0.05) is 0 Å². The lowest BCUT2D eigenvalue weighted by molar-refractivity contribution is 0.0759. The standard InChI is InChI=1S/C10H15FN2O2/c1-14-6-7-15-5-4-12-9-2-3-13-10(11)8-9/h2-3,8H,4-7H2,1H3,(H,12,13). The van der Waals surface area contributed by atoms with E-state index in [9.17, 15) is 4.39 Å². The summed E-state index contributed by atoms with van der Waals surface area (Å²) in [4.78, 5) is 3.45. The summed E-state index contributed by atoms with van der Waals surface area (Å²) in [6, 6.07) is 3.05. The second-order valence-electron chi connectivity index (χ2n) is 2.90. The number of hydrogen-bond donors (Lipinski definition) is 1. The van der Waals surface area contributed by atoms with Crippen LogP contribution < -0.4 is 5.32 Å². The molecule has 0 saturated carbocycles. The normalized spacial score (nSPS) is 10.3. The number of methoxy groups -OCH3 is 1. The van der Waals surface area contributed by atoms with Crippen LogP contribution in [0.3, 0.4) is 0 Å². The maximum atomic E-state index is 12.6. The molecule has 0 amide bonds. The topological polar surface area (TPSA) is 43.4 Å². The van der Waals surface area contributed by atoms with E-state index in [1.165, 1.54) is 12.3 Å². The molecule has 1 aromatic heterocycles. The van der Waals surface area contributed by atoms with Crippen LogP contribution in [0.15, 0.2) is 18.3 Å². The number of rotatable bonds is 7. The molecule has 0 radical (unpaired) electrons. The highest BCUT2D eigenvalue weighted by Gasteiger charge is 1.94. The van der Waals surface area contributed by atoms with Gasteiger partial charge in [-0.2, -0.15) is 4.39 Å². The molecule has 0 unspecified atom stereocenters. The molecule has 0 bridgehead atoms. The van der Waals surface area contributed by atoms with Gasteiger partial charge in [-0.15, -0.1) is 0 Å². The summed E-state index contributed by atoms with van der Waals surface area (Å²) in [5.74, 6) is -0.486. The van der Waals surface area contributed by atoms with Crippen molar-refractivity contribution in [2.45, 2.75) is 0 Å².